The van der Waals surface area contributed by atoms with Gasteiger partial charge in [0.1, 0.15) is 5.82 Å². The smallest absolute Gasteiger partial charge is 0.393 e. The van der Waals surface area contributed by atoms with Gasteiger partial charge in [-0.25, -0.2) is 4.98 Å². The summed E-state index contributed by atoms with van der Waals surface area (Å²) >= 11 is 4.79. The molecule has 0 radical (unpaired) electrons. The van der Waals surface area contributed by atoms with Gasteiger partial charge in [-0.1, -0.05) is 12.2 Å². The minimum Gasteiger partial charge on any atom is -0.393 e. The third-order valence-corrected chi connectivity index (χ3v) is 2.79. The summed E-state index contributed by atoms with van der Waals surface area (Å²) in [6, 6.07) is 2.00. The van der Waals surface area contributed by atoms with Gasteiger partial charge in [-0.3, -0.25) is 0 Å². The van der Waals surface area contributed by atoms with Crippen molar-refractivity contribution in [2.24, 2.45) is 5.73 Å². The van der Waals surface area contributed by atoms with Gasteiger partial charge in [-0.05, 0) is 26.0 Å². The van der Waals surface area contributed by atoms with Gasteiger partial charge in [0.15, 0.2) is 0 Å². The monoisotopic (exact) mass is 291 g/mol. The fourth-order valence-electron chi connectivity index (χ4n) is 1.62. The van der Waals surface area contributed by atoms with Crippen LogP contribution >= 0.6 is 12.2 Å². The summed E-state index contributed by atoms with van der Waals surface area (Å²) in [4.78, 5) is 6.07. The van der Waals surface area contributed by atoms with Crippen LogP contribution in [0.3, 0.4) is 0 Å². The number of hydrogen-bond donors (Lipinski definition) is 1. The van der Waals surface area contributed by atoms with Crippen LogP contribution in [0.5, 0.6) is 0 Å². The van der Waals surface area contributed by atoms with Crippen molar-refractivity contribution in [1.29, 1.82) is 0 Å². The van der Waals surface area contributed by atoms with E-state index in [2.05, 4.69) is 4.98 Å². The summed E-state index contributed by atoms with van der Waals surface area (Å²) in [6.07, 6.45) is -2.77. The Kier molecular flexibility index (Phi) is 5.11. The highest BCUT2D eigenvalue weighted by atomic mass is 32.1. The number of aromatic nitrogens is 1. The lowest BCUT2D eigenvalue weighted by Gasteiger charge is -2.28. The molecule has 0 aliphatic carbocycles. The van der Waals surface area contributed by atoms with Gasteiger partial charge in [0.25, 0.3) is 0 Å². The summed E-state index contributed by atoms with van der Waals surface area (Å²) in [6.45, 7) is 4.20. The van der Waals surface area contributed by atoms with Crippen molar-refractivity contribution in [2.75, 3.05) is 11.4 Å². The van der Waals surface area contributed by atoms with Gasteiger partial charge in [0.05, 0.1) is 10.6 Å². The first-order chi connectivity index (χ1) is 8.71. The summed E-state index contributed by atoms with van der Waals surface area (Å²) in [5.41, 5.74) is 4.71. The first kappa shape index (κ1) is 15.7. The Morgan fingerprint density at radius 1 is 1.47 bits per heavy atom. The zero-order chi connectivity index (χ0) is 14.6. The number of halogens is 3. The molecule has 2 N–H and O–H groups in total. The molecule has 106 valence electrons. The molecule has 0 spiro atoms. The van der Waals surface area contributed by atoms with Crippen LogP contribution in [0, 0.1) is 0 Å². The highest BCUT2D eigenvalue weighted by Gasteiger charge is 2.31. The lowest BCUT2D eigenvalue weighted by Crippen LogP contribution is -2.34. The van der Waals surface area contributed by atoms with Crippen LogP contribution in [-0.2, 0) is 6.18 Å². The van der Waals surface area contributed by atoms with Gasteiger partial charge in [0.2, 0.25) is 0 Å². The number of pyridine rings is 1. The minimum atomic E-state index is -4.37. The summed E-state index contributed by atoms with van der Waals surface area (Å²) < 4.78 is 38.0. The average molecular weight is 291 g/mol. The standard InChI is InChI=1S/C12H16F3N3S/c1-8(2)18(6-4-10(16)19)11-7-9(3-5-17-11)12(13,14)15/h3,5,7-8H,4,6H2,1-2H3,(H2,16,19). The van der Waals surface area contributed by atoms with Crippen LogP contribution in [0.1, 0.15) is 25.8 Å². The Morgan fingerprint density at radius 3 is 2.58 bits per heavy atom. The lowest BCUT2D eigenvalue weighted by molar-refractivity contribution is -0.137. The maximum absolute atomic E-state index is 12.7. The quantitative estimate of drug-likeness (QED) is 0.847. The van der Waals surface area contributed by atoms with E-state index in [1.54, 1.807) is 4.90 Å². The van der Waals surface area contributed by atoms with Crippen LogP contribution in [0.25, 0.3) is 0 Å². The zero-order valence-electron chi connectivity index (χ0n) is 10.7. The van der Waals surface area contributed by atoms with E-state index in [0.29, 0.717) is 18.0 Å². The van der Waals surface area contributed by atoms with Gasteiger partial charge in [-0.2, -0.15) is 13.2 Å². The number of rotatable bonds is 5. The molecule has 1 aromatic heterocycles. The van der Waals surface area contributed by atoms with Crippen LogP contribution in [0.4, 0.5) is 19.0 Å². The highest BCUT2D eigenvalue weighted by Crippen LogP contribution is 2.31. The van der Waals surface area contributed by atoms with E-state index in [1.165, 1.54) is 0 Å². The second kappa shape index (κ2) is 6.18. The Hall–Kier alpha value is -1.37. The number of hydrogen-bond acceptors (Lipinski definition) is 3. The summed E-state index contributed by atoms with van der Waals surface area (Å²) in [5, 5.41) is 0. The molecule has 0 bridgehead atoms. The molecule has 1 heterocycles. The molecule has 0 saturated carbocycles. The first-order valence-corrected chi connectivity index (χ1v) is 6.21. The largest absolute Gasteiger partial charge is 0.416 e. The van der Waals surface area contributed by atoms with E-state index >= 15 is 0 Å². The topological polar surface area (TPSA) is 42.1 Å². The van der Waals surface area contributed by atoms with Gasteiger partial charge in [0, 0.05) is 25.2 Å². The van der Waals surface area contributed by atoms with E-state index in [1.807, 2.05) is 13.8 Å². The summed E-state index contributed by atoms with van der Waals surface area (Å²) in [7, 11) is 0. The van der Waals surface area contributed by atoms with Crippen molar-refractivity contribution < 1.29 is 13.2 Å². The average Bonchev–Trinajstić information content (AvgIpc) is 2.27. The number of nitrogens with zero attached hydrogens (tertiary/aromatic N) is 2. The highest BCUT2D eigenvalue weighted by molar-refractivity contribution is 7.80. The van der Waals surface area contributed by atoms with Crippen molar-refractivity contribution in [2.45, 2.75) is 32.5 Å². The molecule has 19 heavy (non-hydrogen) atoms. The zero-order valence-corrected chi connectivity index (χ0v) is 11.6. The number of nitrogens with two attached hydrogens (primary N) is 1. The second-order valence-electron chi connectivity index (χ2n) is 4.40. The fraction of sp³-hybridized carbons (Fsp3) is 0.500. The predicted molar refractivity (Wildman–Crippen MR) is 73.1 cm³/mol. The number of alkyl halides is 3. The fourth-order valence-corrected chi connectivity index (χ4v) is 1.71. The maximum atomic E-state index is 12.7. The molecule has 0 amide bonds. The molecule has 7 heteroatoms. The SMILES string of the molecule is CC(C)N(CCC(N)=S)c1cc(C(F)(F)F)ccn1. The Bertz CT molecular complexity index is 446. The van der Waals surface area contributed by atoms with Crippen LogP contribution in [0.15, 0.2) is 18.3 Å². The normalized spacial score (nSPS) is 11.7. The molecule has 3 nitrogen and oxygen atoms in total. The molecule has 0 saturated heterocycles. The Morgan fingerprint density at radius 2 is 2.11 bits per heavy atom. The number of anilines is 1. The lowest BCUT2D eigenvalue weighted by atomic mass is 10.2. The summed E-state index contributed by atoms with van der Waals surface area (Å²) in [5.74, 6) is 0.279. The Balaban J connectivity index is 2.99. The predicted octanol–water partition coefficient (Wildman–Crippen LogP) is 2.99. The molecule has 0 fully saturated rings. The van der Waals surface area contributed by atoms with Crippen molar-refractivity contribution in [3.05, 3.63) is 23.9 Å². The third-order valence-electron chi connectivity index (χ3n) is 2.59. The van der Waals surface area contributed by atoms with Gasteiger partial charge < -0.3 is 10.6 Å². The van der Waals surface area contributed by atoms with Crippen molar-refractivity contribution in [3.63, 3.8) is 0 Å². The van der Waals surface area contributed by atoms with E-state index in [4.69, 9.17) is 18.0 Å². The van der Waals surface area contributed by atoms with Crippen molar-refractivity contribution >= 4 is 23.0 Å². The molecule has 0 unspecified atom stereocenters. The van der Waals surface area contributed by atoms with Crippen molar-refractivity contribution in [3.8, 4) is 0 Å². The van der Waals surface area contributed by atoms with Crippen LogP contribution in [0.2, 0.25) is 0 Å². The van der Waals surface area contributed by atoms with Crippen molar-refractivity contribution in [1.82, 2.24) is 4.98 Å². The van der Waals surface area contributed by atoms with Gasteiger partial charge >= 0.3 is 6.18 Å². The van der Waals surface area contributed by atoms with E-state index in [-0.39, 0.29) is 11.9 Å². The van der Waals surface area contributed by atoms with Gasteiger partial charge in [-0.15, -0.1) is 0 Å². The molecule has 1 aromatic rings. The molecular weight excluding hydrogens is 275 g/mol. The molecule has 1 rings (SSSR count). The number of thiocarbonyl (C=S) groups is 1. The molecule has 0 atom stereocenters. The first-order valence-electron chi connectivity index (χ1n) is 5.80. The minimum absolute atomic E-state index is 0.00494. The molecule has 0 aliphatic rings. The van der Waals surface area contributed by atoms with E-state index in [9.17, 15) is 13.2 Å². The second-order valence-corrected chi connectivity index (χ2v) is 4.93. The van der Waals surface area contributed by atoms with Crippen LogP contribution < -0.4 is 10.6 Å². The molecule has 0 aromatic carbocycles. The van der Waals surface area contributed by atoms with Crippen LogP contribution in [-0.4, -0.2) is 22.6 Å². The molecular formula is C12H16F3N3S. The van der Waals surface area contributed by atoms with E-state index < -0.39 is 11.7 Å². The molecule has 0 aliphatic heterocycles. The maximum Gasteiger partial charge on any atom is 0.416 e. The third kappa shape index (κ3) is 4.66. The van der Waals surface area contributed by atoms with E-state index in [0.717, 1.165) is 18.3 Å². The Labute approximate surface area is 115 Å².